The summed E-state index contributed by atoms with van der Waals surface area (Å²) >= 11 is 0. The lowest BCUT2D eigenvalue weighted by Crippen LogP contribution is -2.34. The van der Waals surface area contributed by atoms with E-state index in [1.165, 1.54) is 37.7 Å². The molecule has 1 nitrogen and oxygen atoms in total. The molecule has 1 heteroatoms. The highest BCUT2D eigenvalue weighted by atomic mass is 14.9. The molecule has 0 radical (unpaired) electrons. The Morgan fingerprint density at radius 1 is 1.11 bits per heavy atom. The van der Waals surface area contributed by atoms with Gasteiger partial charge in [0.15, 0.2) is 0 Å². The van der Waals surface area contributed by atoms with Gasteiger partial charge in [0.05, 0.1) is 0 Å². The van der Waals surface area contributed by atoms with Crippen LogP contribution in [0.4, 0.5) is 0 Å². The van der Waals surface area contributed by atoms with E-state index in [2.05, 4.69) is 43.4 Å². The topological polar surface area (TPSA) is 12.0 Å². The Labute approximate surface area is 112 Å². The van der Waals surface area contributed by atoms with Gasteiger partial charge in [-0.3, -0.25) is 0 Å². The molecule has 1 aromatic carbocycles. The third kappa shape index (κ3) is 3.35. The number of likely N-dealkylation sites (N-methyl/N-ethyl adjacent to an activating group) is 1. The van der Waals surface area contributed by atoms with Gasteiger partial charge in [0.25, 0.3) is 0 Å². The average molecular weight is 245 g/mol. The predicted octanol–water partition coefficient (Wildman–Crippen LogP) is 4.27. The molecule has 0 amide bonds. The van der Waals surface area contributed by atoms with E-state index in [9.17, 15) is 0 Å². The zero-order valence-corrected chi connectivity index (χ0v) is 11.9. The van der Waals surface area contributed by atoms with Crippen LogP contribution in [0.3, 0.4) is 0 Å². The lowest BCUT2D eigenvalue weighted by Gasteiger charge is -2.26. The first-order valence-electron chi connectivity index (χ1n) is 7.67. The van der Waals surface area contributed by atoms with Crippen molar-refractivity contribution in [1.29, 1.82) is 0 Å². The van der Waals surface area contributed by atoms with Crippen LogP contribution in [-0.2, 0) is 6.42 Å². The van der Waals surface area contributed by atoms with Crippen LogP contribution in [0.1, 0.15) is 63.0 Å². The van der Waals surface area contributed by atoms with Crippen LogP contribution in [-0.4, -0.2) is 12.6 Å². The predicted molar refractivity (Wildman–Crippen MR) is 79.1 cm³/mol. The SMILES string of the molecule is CCNC1CCCCCC1c1cccc(CC)c1. The first-order valence-corrected chi connectivity index (χ1v) is 7.67. The minimum absolute atomic E-state index is 0.685. The van der Waals surface area contributed by atoms with Gasteiger partial charge in [-0.1, -0.05) is 57.4 Å². The lowest BCUT2D eigenvalue weighted by molar-refractivity contribution is 0.419. The first-order chi connectivity index (χ1) is 8.85. The molecule has 100 valence electrons. The molecule has 0 heterocycles. The van der Waals surface area contributed by atoms with E-state index in [4.69, 9.17) is 0 Å². The van der Waals surface area contributed by atoms with Crippen molar-refractivity contribution in [3.05, 3.63) is 35.4 Å². The third-order valence-electron chi connectivity index (χ3n) is 4.27. The quantitative estimate of drug-likeness (QED) is 0.781. The van der Waals surface area contributed by atoms with Crippen LogP contribution < -0.4 is 5.32 Å². The number of benzene rings is 1. The van der Waals surface area contributed by atoms with E-state index in [1.54, 1.807) is 5.56 Å². The second-order valence-electron chi connectivity index (χ2n) is 5.51. The van der Waals surface area contributed by atoms with Gasteiger partial charge in [0.2, 0.25) is 0 Å². The van der Waals surface area contributed by atoms with Crippen LogP contribution in [0.5, 0.6) is 0 Å². The second kappa shape index (κ2) is 6.94. The molecule has 1 aromatic rings. The van der Waals surface area contributed by atoms with Crippen LogP contribution >= 0.6 is 0 Å². The van der Waals surface area contributed by atoms with Crippen molar-refractivity contribution >= 4 is 0 Å². The molecule has 2 atom stereocenters. The highest BCUT2D eigenvalue weighted by Gasteiger charge is 2.24. The van der Waals surface area contributed by atoms with Gasteiger partial charge < -0.3 is 5.32 Å². The van der Waals surface area contributed by atoms with Crippen LogP contribution in [0.15, 0.2) is 24.3 Å². The summed E-state index contributed by atoms with van der Waals surface area (Å²) in [4.78, 5) is 0. The van der Waals surface area contributed by atoms with Crippen LogP contribution in [0.2, 0.25) is 0 Å². The maximum absolute atomic E-state index is 3.71. The number of nitrogens with one attached hydrogen (secondary N) is 1. The standard InChI is InChI=1S/C17H27N/c1-3-14-9-8-10-15(13-14)16-11-6-5-7-12-17(16)18-4-2/h8-10,13,16-18H,3-7,11-12H2,1-2H3. The monoisotopic (exact) mass is 245 g/mol. The highest BCUT2D eigenvalue weighted by Crippen LogP contribution is 2.32. The molecule has 2 unspecified atom stereocenters. The molecule has 0 saturated heterocycles. The zero-order valence-electron chi connectivity index (χ0n) is 11.9. The first kappa shape index (κ1) is 13.6. The Balaban J connectivity index is 2.19. The molecule has 2 rings (SSSR count). The second-order valence-corrected chi connectivity index (χ2v) is 5.51. The summed E-state index contributed by atoms with van der Waals surface area (Å²) < 4.78 is 0. The molecule has 0 spiro atoms. The van der Waals surface area contributed by atoms with Crippen molar-refractivity contribution in [2.24, 2.45) is 0 Å². The van der Waals surface area contributed by atoms with Crippen LogP contribution in [0.25, 0.3) is 0 Å². The fourth-order valence-electron chi connectivity index (χ4n) is 3.26. The molecule has 0 bridgehead atoms. The minimum atomic E-state index is 0.685. The van der Waals surface area contributed by atoms with Gasteiger partial charge in [-0.25, -0.2) is 0 Å². The van der Waals surface area contributed by atoms with Crippen molar-refractivity contribution in [3.8, 4) is 0 Å². The average Bonchev–Trinajstić information content (AvgIpc) is 2.65. The Morgan fingerprint density at radius 3 is 2.72 bits per heavy atom. The normalized spacial score (nSPS) is 24.8. The summed E-state index contributed by atoms with van der Waals surface area (Å²) in [5.74, 6) is 0.721. The maximum Gasteiger partial charge on any atom is 0.0136 e. The number of aryl methyl sites for hydroxylation is 1. The number of hydrogen-bond acceptors (Lipinski definition) is 1. The summed E-state index contributed by atoms with van der Waals surface area (Å²) in [5, 5.41) is 3.71. The number of hydrogen-bond donors (Lipinski definition) is 1. The third-order valence-corrected chi connectivity index (χ3v) is 4.27. The molecule has 0 aliphatic heterocycles. The Morgan fingerprint density at radius 2 is 1.94 bits per heavy atom. The van der Waals surface area contributed by atoms with Gasteiger partial charge in [0.1, 0.15) is 0 Å². The highest BCUT2D eigenvalue weighted by molar-refractivity contribution is 5.27. The van der Waals surface area contributed by atoms with Gasteiger partial charge in [-0.05, 0) is 42.9 Å². The lowest BCUT2D eigenvalue weighted by atomic mass is 9.86. The molecule has 1 N–H and O–H groups in total. The summed E-state index contributed by atoms with van der Waals surface area (Å²) in [6.45, 7) is 5.56. The molecule has 18 heavy (non-hydrogen) atoms. The van der Waals surface area contributed by atoms with Crippen molar-refractivity contribution in [2.75, 3.05) is 6.54 Å². The van der Waals surface area contributed by atoms with Crippen molar-refractivity contribution in [1.82, 2.24) is 5.32 Å². The maximum atomic E-state index is 3.71. The zero-order chi connectivity index (χ0) is 12.8. The van der Waals surface area contributed by atoms with E-state index in [-0.39, 0.29) is 0 Å². The Kier molecular flexibility index (Phi) is 5.25. The van der Waals surface area contributed by atoms with Crippen molar-refractivity contribution < 1.29 is 0 Å². The Hall–Kier alpha value is -0.820. The van der Waals surface area contributed by atoms with Gasteiger partial charge in [-0.2, -0.15) is 0 Å². The number of rotatable bonds is 4. The summed E-state index contributed by atoms with van der Waals surface area (Å²) in [7, 11) is 0. The molecular weight excluding hydrogens is 218 g/mol. The van der Waals surface area contributed by atoms with Crippen molar-refractivity contribution in [2.45, 2.75) is 64.3 Å². The van der Waals surface area contributed by atoms with E-state index >= 15 is 0 Å². The molecule has 1 saturated carbocycles. The summed E-state index contributed by atoms with van der Waals surface area (Å²) in [6.07, 6.45) is 8.03. The largest absolute Gasteiger partial charge is 0.314 e. The Bertz CT molecular complexity index is 358. The van der Waals surface area contributed by atoms with E-state index < -0.39 is 0 Å². The van der Waals surface area contributed by atoms with Gasteiger partial charge >= 0.3 is 0 Å². The smallest absolute Gasteiger partial charge is 0.0136 e. The fraction of sp³-hybridized carbons (Fsp3) is 0.647. The van der Waals surface area contributed by atoms with E-state index in [0.29, 0.717) is 6.04 Å². The van der Waals surface area contributed by atoms with Gasteiger partial charge in [-0.15, -0.1) is 0 Å². The molecule has 1 aliphatic rings. The van der Waals surface area contributed by atoms with E-state index in [0.717, 1.165) is 18.9 Å². The van der Waals surface area contributed by atoms with Gasteiger partial charge in [0, 0.05) is 6.04 Å². The fourth-order valence-corrected chi connectivity index (χ4v) is 3.26. The molecule has 1 fully saturated rings. The summed E-state index contributed by atoms with van der Waals surface area (Å²) in [5.41, 5.74) is 3.04. The molecular formula is C17H27N. The molecule has 1 aliphatic carbocycles. The van der Waals surface area contributed by atoms with Crippen LogP contribution in [0, 0.1) is 0 Å². The van der Waals surface area contributed by atoms with E-state index in [1.807, 2.05) is 0 Å². The summed E-state index contributed by atoms with van der Waals surface area (Å²) in [6, 6.07) is 9.94. The minimum Gasteiger partial charge on any atom is -0.314 e. The molecule has 0 aromatic heterocycles. The van der Waals surface area contributed by atoms with Crippen molar-refractivity contribution in [3.63, 3.8) is 0 Å².